The van der Waals surface area contributed by atoms with E-state index < -0.39 is 11.7 Å². The molecule has 1 unspecified atom stereocenters. The van der Waals surface area contributed by atoms with Gasteiger partial charge in [0.25, 0.3) is 0 Å². The van der Waals surface area contributed by atoms with Gasteiger partial charge in [0.1, 0.15) is 5.60 Å². The van der Waals surface area contributed by atoms with Gasteiger partial charge >= 0.3 is 6.09 Å². The van der Waals surface area contributed by atoms with Gasteiger partial charge in [0.05, 0.1) is 12.2 Å². The number of ketones is 1. The molecule has 1 aliphatic rings. The summed E-state index contributed by atoms with van der Waals surface area (Å²) < 4.78 is 5.23. The highest BCUT2D eigenvalue weighted by atomic mass is 16.6. The third-order valence-electron chi connectivity index (χ3n) is 3.26. The number of rotatable bonds is 4. The maximum absolute atomic E-state index is 12.0. The van der Waals surface area contributed by atoms with Crippen LogP contribution in [0.25, 0.3) is 0 Å². The molecule has 2 rings (SSSR count). The second-order valence-electron chi connectivity index (χ2n) is 6.37. The van der Waals surface area contributed by atoms with Crippen molar-refractivity contribution in [3.05, 3.63) is 24.0 Å². The van der Waals surface area contributed by atoms with Crippen LogP contribution in [0.15, 0.2) is 18.3 Å². The molecule has 1 saturated heterocycles. The van der Waals surface area contributed by atoms with E-state index >= 15 is 0 Å². The van der Waals surface area contributed by atoms with E-state index in [-0.39, 0.29) is 11.8 Å². The molecule has 2 heterocycles. The molecule has 0 saturated carbocycles. The van der Waals surface area contributed by atoms with Gasteiger partial charge in [-0.2, -0.15) is 0 Å². The first kappa shape index (κ1) is 15.6. The number of nitrogens with zero attached hydrogens (tertiary/aromatic N) is 1. The molecule has 1 aromatic rings. The fraction of sp³-hybridized carbons (Fsp3) is 0.600. The Morgan fingerprint density at radius 2 is 2.24 bits per heavy atom. The number of likely N-dealkylation sites (tertiary alicyclic amines) is 1. The zero-order chi connectivity index (χ0) is 15.5. The van der Waals surface area contributed by atoms with Crippen LogP contribution in [0.3, 0.4) is 0 Å². The van der Waals surface area contributed by atoms with E-state index in [1.165, 1.54) is 0 Å². The quantitative estimate of drug-likeness (QED) is 0.830. The van der Waals surface area contributed by atoms with Crippen LogP contribution in [-0.2, 0) is 4.74 Å². The van der Waals surface area contributed by atoms with Crippen LogP contribution in [0, 0.1) is 0 Å². The number of nitrogens with one attached hydrogen (secondary N) is 2. The Labute approximate surface area is 124 Å². The average molecular weight is 293 g/mol. The second kappa shape index (κ2) is 6.30. The molecular weight excluding hydrogens is 270 g/mol. The summed E-state index contributed by atoms with van der Waals surface area (Å²) in [6.45, 7) is 7.35. The zero-order valence-electron chi connectivity index (χ0n) is 12.8. The van der Waals surface area contributed by atoms with E-state index in [2.05, 4.69) is 10.3 Å². The lowest BCUT2D eigenvalue weighted by atomic mass is 10.2. The summed E-state index contributed by atoms with van der Waals surface area (Å²) in [4.78, 5) is 28.7. The number of carbonyl (C=O) groups is 2. The molecule has 1 fully saturated rings. The minimum Gasteiger partial charge on any atom is -0.444 e. The highest BCUT2D eigenvalue weighted by Gasteiger charge is 2.27. The molecule has 1 aliphatic heterocycles. The summed E-state index contributed by atoms with van der Waals surface area (Å²) in [5.41, 5.74) is 0.130. The van der Waals surface area contributed by atoms with Crippen molar-refractivity contribution in [2.75, 3.05) is 19.6 Å². The third-order valence-corrected chi connectivity index (χ3v) is 3.26. The molecule has 0 spiro atoms. The number of hydrogen-bond acceptors (Lipinski definition) is 4. The lowest BCUT2D eigenvalue weighted by Gasteiger charge is -2.22. The number of aromatic amines is 1. The van der Waals surface area contributed by atoms with Gasteiger partial charge in [-0.1, -0.05) is 0 Å². The number of H-pyrrole nitrogens is 1. The monoisotopic (exact) mass is 293 g/mol. The molecule has 0 bridgehead atoms. The predicted molar refractivity (Wildman–Crippen MR) is 79.3 cm³/mol. The number of amides is 1. The Morgan fingerprint density at radius 1 is 1.48 bits per heavy atom. The molecule has 2 N–H and O–H groups in total. The van der Waals surface area contributed by atoms with E-state index in [9.17, 15) is 9.59 Å². The molecule has 1 aromatic heterocycles. The molecule has 0 aromatic carbocycles. The van der Waals surface area contributed by atoms with Crippen molar-refractivity contribution in [3.63, 3.8) is 0 Å². The van der Waals surface area contributed by atoms with Crippen molar-refractivity contribution >= 4 is 11.9 Å². The van der Waals surface area contributed by atoms with Crippen molar-refractivity contribution < 1.29 is 14.3 Å². The van der Waals surface area contributed by atoms with Gasteiger partial charge in [-0.05, 0) is 39.3 Å². The van der Waals surface area contributed by atoms with Gasteiger partial charge in [-0.3, -0.25) is 9.69 Å². The number of hydrogen-bond donors (Lipinski definition) is 2. The first-order valence-electron chi connectivity index (χ1n) is 7.22. The molecule has 0 aliphatic carbocycles. The molecule has 6 nitrogen and oxygen atoms in total. The Bertz CT molecular complexity index is 491. The first-order chi connectivity index (χ1) is 9.83. The predicted octanol–water partition coefficient (Wildman–Crippen LogP) is 1.80. The Morgan fingerprint density at radius 3 is 2.86 bits per heavy atom. The van der Waals surface area contributed by atoms with Crippen LogP contribution < -0.4 is 5.32 Å². The molecule has 1 atom stereocenters. The lowest BCUT2D eigenvalue weighted by Crippen LogP contribution is -2.41. The summed E-state index contributed by atoms with van der Waals surface area (Å²) in [7, 11) is 0. The Balaban J connectivity index is 1.76. The molecule has 21 heavy (non-hydrogen) atoms. The van der Waals surface area contributed by atoms with Crippen molar-refractivity contribution in [2.24, 2.45) is 0 Å². The van der Waals surface area contributed by atoms with Crippen LogP contribution in [0.2, 0.25) is 0 Å². The molecular formula is C15H23N3O3. The van der Waals surface area contributed by atoms with Gasteiger partial charge in [0, 0.05) is 25.3 Å². The summed E-state index contributed by atoms with van der Waals surface area (Å²) in [6.07, 6.45) is 2.17. The Kier molecular flexibility index (Phi) is 4.67. The minimum absolute atomic E-state index is 0.0382. The minimum atomic E-state index is -0.494. The number of aromatic nitrogens is 1. The lowest BCUT2D eigenvalue weighted by molar-refractivity contribution is 0.0506. The van der Waals surface area contributed by atoms with E-state index in [0.29, 0.717) is 18.8 Å². The fourth-order valence-electron chi connectivity index (χ4n) is 2.36. The number of ether oxygens (including phenoxy) is 1. The van der Waals surface area contributed by atoms with Crippen LogP contribution in [-0.4, -0.2) is 53.0 Å². The van der Waals surface area contributed by atoms with Crippen molar-refractivity contribution in [1.29, 1.82) is 0 Å². The smallest absolute Gasteiger partial charge is 0.407 e. The molecule has 116 valence electrons. The average Bonchev–Trinajstić information content (AvgIpc) is 2.97. The highest BCUT2D eigenvalue weighted by Crippen LogP contribution is 2.12. The zero-order valence-corrected chi connectivity index (χ0v) is 12.8. The molecule has 0 radical (unpaired) electrons. The highest BCUT2D eigenvalue weighted by molar-refractivity contribution is 5.95. The van der Waals surface area contributed by atoms with E-state index in [1.54, 1.807) is 12.3 Å². The Hall–Kier alpha value is -1.82. The molecule has 6 heteroatoms. The summed E-state index contributed by atoms with van der Waals surface area (Å²) in [5.74, 6) is 0.0675. The topological polar surface area (TPSA) is 74.4 Å². The van der Waals surface area contributed by atoms with E-state index in [4.69, 9.17) is 4.74 Å². The van der Waals surface area contributed by atoms with Crippen LogP contribution in [0.4, 0.5) is 4.79 Å². The van der Waals surface area contributed by atoms with Crippen LogP contribution >= 0.6 is 0 Å². The van der Waals surface area contributed by atoms with Gasteiger partial charge in [0.15, 0.2) is 5.78 Å². The van der Waals surface area contributed by atoms with Gasteiger partial charge in [0.2, 0.25) is 0 Å². The van der Waals surface area contributed by atoms with Crippen molar-refractivity contribution in [2.45, 2.75) is 38.8 Å². The molecule has 1 amide bonds. The number of Topliss-reactive ketones (excluding diaryl/α,β-unsaturated/α-hetero) is 1. The fourth-order valence-corrected chi connectivity index (χ4v) is 2.36. The maximum atomic E-state index is 12.0. The largest absolute Gasteiger partial charge is 0.444 e. The maximum Gasteiger partial charge on any atom is 0.407 e. The van der Waals surface area contributed by atoms with Gasteiger partial charge in [-0.25, -0.2) is 4.79 Å². The van der Waals surface area contributed by atoms with Crippen LogP contribution in [0.1, 0.15) is 37.7 Å². The summed E-state index contributed by atoms with van der Waals surface area (Å²) in [5, 5.41) is 2.85. The van der Waals surface area contributed by atoms with Crippen molar-refractivity contribution in [3.8, 4) is 0 Å². The second-order valence-corrected chi connectivity index (χ2v) is 6.37. The standard InChI is InChI=1S/C15H23N3O3/c1-15(2,3)21-14(20)17-11-6-8-18(9-11)10-13(19)12-5-4-7-16-12/h4-5,7,11,16H,6,8-10H2,1-3H3,(H,17,20). The van der Waals surface area contributed by atoms with E-state index in [0.717, 1.165) is 13.0 Å². The SMILES string of the molecule is CC(C)(C)OC(=O)NC1CCN(CC(=O)c2ccc[nH]2)C1. The first-order valence-corrected chi connectivity index (χ1v) is 7.22. The number of alkyl carbamates (subject to hydrolysis) is 1. The van der Waals surface area contributed by atoms with Crippen LogP contribution in [0.5, 0.6) is 0 Å². The van der Waals surface area contributed by atoms with E-state index in [1.807, 2.05) is 31.7 Å². The third kappa shape index (κ3) is 4.90. The number of carbonyl (C=O) groups excluding carboxylic acids is 2. The van der Waals surface area contributed by atoms with Gasteiger partial charge < -0.3 is 15.0 Å². The van der Waals surface area contributed by atoms with Gasteiger partial charge in [-0.15, -0.1) is 0 Å². The normalized spacial score (nSPS) is 19.5. The van der Waals surface area contributed by atoms with Crippen molar-refractivity contribution in [1.82, 2.24) is 15.2 Å². The summed E-state index contributed by atoms with van der Waals surface area (Å²) >= 11 is 0. The summed E-state index contributed by atoms with van der Waals surface area (Å²) in [6, 6.07) is 3.62.